The van der Waals surface area contributed by atoms with Crippen LogP contribution in [0, 0.1) is 19.8 Å². The molecule has 0 aromatic carbocycles. The Balaban J connectivity index is 2.64. The van der Waals surface area contributed by atoms with Crippen LogP contribution in [-0.2, 0) is 11.2 Å². The standard InChI is InChI=1S/C15H26N2O/c1-10(2)15(18)16-8-7-14-9-12(5)17(11(3)4)13(14)6/h9-11H,7-8H2,1-6H3,(H,16,18). The predicted molar refractivity (Wildman–Crippen MR) is 75.8 cm³/mol. The first-order chi connectivity index (χ1) is 8.34. The summed E-state index contributed by atoms with van der Waals surface area (Å²) in [7, 11) is 0. The second-order valence-corrected chi connectivity index (χ2v) is 5.56. The topological polar surface area (TPSA) is 34.0 Å². The first-order valence-corrected chi connectivity index (χ1v) is 6.79. The number of hydrogen-bond acceptors (Lipinski definition) is 1. The number of aryl methyl sites for hydroxylation is 1. The monoisotopic (exact) mass is 250 g/mol. The van der Waals surface area contributed by atoms with E-state index in [9.17, 15) is 4.79 Å². The molecule has 1 aromatic heterocycles. The molecule has 0 spiro atoms. The molecular weight excluding hydrogens is 224 g/mol. The Bertz CT molecular complexity index is 416. The highest BCUT2D eigenvalue weighted by Gasteiger charge is 2.11. The van der Waals surface area contributed by atoms with Crippen LogP contribution in [0.1, 0.15) is 50.7 Å². The molecule has 1 heterocycles. The van der Waals surface area contributed by atoms with Gasteiger partial charge in [-0.1, -0.05) is 13.8 Å². The summed E-state index contributed by atoms with van der Waals surface area (Å²) < 4.78 is 2.35. The number of carbonyl (C=O) groups excluding carboxylic acids is 1. The van der Waals surface area contributed by atoms with Gasteiger partial charge in [0.1, 0.15) is 0 Å². The highest BCUT2D eigenvalue weighted by molar-refractivity contribution is 5.77. The van der Waals surface area contributed by atoms with Crippen LogP contribution in [0.15, 0.2) is 6.07 Å². The zero-order chi connectivity index (χ0) is 13.9. The Labute approximate surface area is 111 Å². The lowest BCUT2D eigenvalue weighted by molar-refractivity contribution is -0.123. The summed E-state index contributed by atoms with van der Waals surface area (Å²) in [6.07, 6.45) is 0.908. The van der Waals surface area contributed by atoms with Crippen molar-refractivity contribution in [3.63, 3.8) is 0 Å². The van der Waals surface area contributed by atoms with E-state index in [-0.39, 0.29) is 11.8 Å². The molecule has 3 heteroatoms. The first-order valence-electron chi connectivity index (χ1n) is 6.79. The summed E-state index contributed by atoms with van der Waals surface area (Å²) >= 11 is 0. The zero-order valence-electron chi connectivity index (χ0n) is 12.5. The molecule has 0 bridgehead atoms. The third-order valence-electron chi connectivity index (χ3n) is 3.32. The van der Waals surface area contributed by atoms with Crippen molar-refractivity contribution in [3.05, 3.63) is 23.0 Å². The summed E-state index contributed by atoms with van der Waals surface area (Å²) in [6.45, 7) is 13.3. The van der Waals surface area contributed by atoms with Gasteiger partial charge in [-0.05, 0) is 45.7 Å². The average molecular weight is 250 g/mol. The minimum absolute atomic E-state index is 0.0631. The quantitative estimate of drug-likeness (QED) is 0.856. The van der Waals surface area contributed by atoms with Gasteiger partial charge < -0.3 is 9.88 Å². The van der Waals surface area contributed by atoms with Gasteiger partial charge in [0.2, 0.25) is 5.91 Å². The summed E-state index contributed by atoms with van der Waals surface area (Å²) in [5, 5.41) is 2.97. The molecule has 1 N–H and O–H groups in total. The fourth-order valence-corrected chi connectivity index (χ4v) is 2.42. The van der Waals surface area contributed by atoms with E-state index in [4.69, 9.17) is 0 Å². The molecule has 0 saturated carbocycles. The van der Waals surface area contributed by atoms with Crippen LogP contribution < -0.4 is 5.32 Å². The largest absolute Gasteiger partial charge is 0.356 e. The number of hydrogen-bond donors (Lipinski definition) is 1. The Morgan fingerprint density at radius 1 is 1.28 bits per heavy atom. The predicted octanol–water partition coefficient (Wildman–Crippen LogP) is 3.00. The Morgan fingerprint density at radius 3 is 2.33 bits per heavy atom. The van der Waals surface area contributed by atoms with E-state index >= 15 is 0 Å². The molecule has 0 aliphatic heterocycles. The summed E-state index contributed by atoms with van der Waals surface area (Å²) in [5.41, 5.74) is 3.96. The van der Waals surface area contributed by atoms with Gasteiger partial charge >= 0.3 is 0 Å². The maximum Gasteiger partial charge on any atom is 0.222 e. The van der Waals surface area contributed by atoms with Gasteiger partial charge in [0.15, 0.2) is 0 Å². The highest BCUT2D eigenvalue weighted by atomic mass is 16.1. The molecule has 0 radical (unpaired) electrons. The van der Waals surface area contributed by atoms with Crippen molar-refractivity contribution in [1.29, 1.82) is 0 Å². The number of carbonyl (C=O) groups is 1. The molecule has 1 amide bonds. The molecule has 1 aromatic rings. The van der Waals surface area contributed by atoms with Crippen LogP contribution in [0.3, 0.4) is 0 Å². The van der Waals surface area contributed by atoms with Gasteiger partial charge in [-0.25, -0.2) is 0 Å². The minimum Gasteiger partial charge on any atom is -0.356 e. The second kappa shape index (κ2) is 6.07. The van der Waals surface area contributed by atoms with E-state index in [2.05, 4.69) is 43.6 Å². The summed E-state index contributed by atoms with van der Waals surface area (Å²) in [4.78, 5) is 11.5. The van der Waals surface area contributed by atoms with E-state index in [1.165, 1.54) is 17.0 Å². The van der Waals surface area contributed by atoms with Crippen LogP contribution >= 0.6 is 0 Å². The van der Waals surface area contributed by atoms with Crippen molar-refractivity contribution in [2.24, 2.45) is 5.92 Å². The lowest BCUT2D eigenvalue weighted by Gasteiger charge is -2.14. The molecule has 0 saturated heterocycles. The van der Waals surface area contributed by atoms with E-state index in [1.54, 1.807) is 0 Å². The maximum atomic E-state index is 11.5. The van der Waals surface area contributed by atoms with Crippen molar-refractivity contribution in [2.45, 2.75) is 54.0 Å². The smallest absolute Gasteiger partial charge is 0.222 e. The highest BCUT2D eigenvalue weighted by Crippen LogP contribution is 2.20. The van der Waals surface area contributed by atoms with Crippen LogP contribution in [0.25, 0.3) is 0 Å². The lowest BCUT2D eigenvalue weighted by Crippen LogP contribution is -2.29. The molecule has 0 aliphatic carbocycles. The van der Waals surface area contributed by atoms with Crippen molar-refractivity contribution in [1.82, 2.24) is 9.88 Å². The normalized spacial score (nSPS) is 11.3. The fourth-order valence-electron chi connectivity index (χ4n) is 2.42. The average Bonchev–Trinajstić information content (AvgIpc) is 2.53. The Kier molecular flexibility index (Phi) is 5.00. The minimum atomic E-state index is 0.0631. The van der Waals surface area contributed by atoms with Crippen molar-refractivity contribution < 1.29 is 4.79 Å². The van der Waals surface area contributed by atoms with Crippen molar-refractivity contribution in [3.8, 4) is 0 Å². The van der Waals surface area contributed by atoms with Gasteiger partial charge in [0, 0.05) is 29.9 Å². The Hall–Kier alpha value is -1.25. The molecule has 0 atom stereocenters. The number of rotatable bonds is 5. The van der Waals surface area contributed by atoms with Gasteiger partial charge in [0.05, 0.1) is 0 Å². The molecule has 18 heavy (non-hydrogen) atoms. The van der Waals surface area contributed by atoms with E-state index < -0.39 is 0 Å². The van der Waals surface area contributed by atoms with E-state index in [1.807, 2.05) is 13.8 Å². The summed E-state index contributed by atoms with van der Waals surface area (Å²) in [5.74, 6) is 0.195. The summed E-state index contributed by atoms with van der Waals surface area (Å²) in [6, 6.07) is 2.72. The van der Waals surface area contributed by atoms with Crippen LogP contribution in [0.2, 0.25) is 0 Å². The third kappa shape index (κ3) is 3.37. The number of nitrogens with zero attached hydrogens (tertiary/aromatic N) is 1. The molecule has 0 fully saturated rings. The van der Waals surface area contributed by atoms with E-state index in [0.29, 0.717) is 6.04 Å². The molecule has 102 valence electrons. The molecule has 1 rings (SSSR count). The molecule has 0 unspecified atom stereocenters. The molecule has 3 nitrogen and oxygen atoms in total. The van der Waals surface area contributed by atoms with Crippen molar-refractivity contribution in [2.75, 3.05) is 6.54 Å². The lowest BCUT2D eigenvalue weighted by atomic mass is 10.1. The van der Waals surface area contributed by atoms with Gasteiger partial charge in [0.25, 0.3) is 0 Å². The van der Waals surface area contributed by atoms with Gasteiger partial charge in [-0.15, -0.1) is 0 Å². The number of amides is 1. The first kappa shape index (κ1) is 14.8. The second-order valence-electron chi connectivity index (χ2n) is 5.56. The van der Waals surface area contributed by atoms with Crippen LogP contribution in [0.5, 0.6) is 0 Å². The third-order valence-corrected chi connectivity index (χ3v) is 3.32. The van der Waals surface area contributed by atoms with Gasteiger partial charge in [-0.2, -0.15) is 0 Å². The fraction of sp³-hybridized carbons (Fsp3) is 0.667. The number of nitrogens with one attached hydrogen (secondary N) is 1. The van der Waals surface area contributed by atoms with Crippen LogP contribution in [0.4, 0.5) is 0 Å². The van der Waals surface area contributed by atoms with Crippen molar-refractivity contribution >= 4 is 5.91 Å². The SMILES string of the molecule is Cc1cc(CCNC(=O)C(C)C)c(C)n1C(C)C. The van der Waals surface area contributed by atoms with Gasteiger partial charge in [-0.3, -0.25) is 4.79 Å². The number of aromatic nitrogens is 1. The van der Waals surface area contributed by atoms with E-state index in [0.717, 1.165) is 13.0 Å². The Morgan fingerprint density at radius 2 is 1.89 bits per heavy atom. The molecule has 0 aliphatic rings. The zero-order valence-corrected chi connectivity index (χ0v) is 12.5. The van der Waals surface area contributed by atoms with Crippen LogP contribution in [-0.4, -0.2) is 17.0 Å². The molecular formula is C15H26N2O. The maximum absolute atomic E-state index is 11.5.